The first-order valence-electron chi connectivity index (χ1n) is 5.90. The van der Waals surface area contributed by atoms with Gasteiger partial charge in [-0.15, -0.1) is 0 Å². The zero-order valence-electron chi connectivity index (χ0n) is 11.1. The number of ether oxygens (including phenoxy) is 1. The standard InChI is InChI=1S/C13H15NO6/c1-3-7(2)19-12(17)9-5-4-8(11(15)16)6-10(9)13(18)20-14/h4-7H,3,14H2,1-2H3,(H,15,16). The Morgan fingerprint density at radius 3 is 2.40 bits per heavy atom. The number of carbonyl (C=O) groups is 3. The molecule has 0 aliphatic carbocycles. The molecule has 7 nitrogen and oxygen atoms in total. The summed E-state index contributed by atoms with van der Waals surface area (Å²) in [4.78, 5) is 38.4. The predicted molar refractivity (Wildman–Crippen MR) is 68.2 cm³/mol. The fraction of sp³-hybridized carbons (Fsp3) is 0.308. The number of benzene rings is 1. The summed E-state index contributed by atoms with van der Waals surface area (Å²) in [6, 6.07) is 3.41. The molecule has 0 bridgehead atoms. The van der Waals surface area contributed by atoms with Gasteiger partial charge in [0.05, 0.1) is 22.8 Å². The van der Waals surface area contributed by atoms with Crippen molar-refractivity contribution in [2.75, 3.05) is 0 Å². The van der Waals surface area contributed by atoms with Crippen LogP contribution in [0.5, 0.6) is 0 Å². The van der Waals surface area contributed by atoms with E-state index < -0.39 is 17.9 Å². The Morgan fingerprint density at radius 2 is 1.90 bits per heavy atom. The molecular weight excluding hydrogens is 266 g/mol. The van der Waals surface area contributed by atoms with Crippen LogP contribution in [0, 0.1) is 0 Å². The van der Waals surface area contributed by atoms with Gasteiger partial charge in [0.15, 0.2) is 0 Å². The van der Waals surface area contributed by atoms with Crippen molar-refractivity contribution in [3.8, 4) is 0 Å². The average molecular weight is 281 g/mol. The molecular formula is C13H15NO6. The van der Waals surface area contributed by atoms with E-state index in [2.05, 4.69) is 4.84 Å². The maximum atomic E-state index is 11.9. The maximum Gasteiger partial charge on any atom is 0.357 e. The summed E-state index contributed by atoms with van der Waals surface area (Å²) in [6.45, 7) is 3.53. The smallest absolute Gasteiger partial charge is 0.357 e. The maximum absolute atomic E-state index is 11.9. The first kappa shape index (κ1) is 15.6. The number of carboxylic acid groups (broad SMARTS) is 1. The van der Waals surface area contributed by atoms with Gasteiger partial charge in [0.25, 0.3) is 0 Å². The fourth-order valence-electron chi connectivity index (χ4n) is 1.42. The third kappa shape index (κ3) is 3.55. The number of carboxylic acids is 1. The van der Waals surface area contributed by atoms with Crippen LogP contribution in [0.3, 0.4) is 0 Å². The van der Waals surface area contributed by atoms with Crippen LogP contribution in [-0.2, 0) is 9.57 Å². The monoisotopic (exact) mass is 281 g/mol. The first-order valence-corrected chi connectivity index (χ1v) is 5.90. The van der Waals surface area contributed by atoms with Crippen LogP contribution in [0.2, 0.25) is 0 Å². The Bertz CT molecular complexity index is 540. The van der Waals surface area contributed by atoms with Crippen LogP contribution >= 0.6 is 0 Å². The number of aromatic carboxylic acids is 1. The highest BCUT2D eigenvalue weighted by atomic mass is 16.7. The van der Waals surface area contributed by atoms with Gasteiger partial charge < -0.3 is 14.7 Å². The minimum Gasteiger partial charge on any atom is -0.478 e. The number of hydrogen-bond donors (Lipinski definition) is 2. The molecule has 0 amide bonds. The number of carbonyl (C=O) groups excluding carboxylic acids is 2. The summed E-state index contributed by atoms with van der Waals surface area (Å²) in [5, 5.41) is 8.88. The van der Waals surface area contributed by atoms with Gasteiger partial charge in [-0.2, -0.15) is 5.90 Å². The van der Waals surface area contributed by atoms with E-state index in [1.54, 1.807) is 6.92 Å². The molecule has 0 aromatic heterocycles. The minimum atomic E-state index is -1.24. The Labute approximate surface area is 115 Å². The zero-order valence-corrected chi connectivity index (χ0v) is 11.1. The molecule has 108 valence electrons. The molecule has 0 saturated carbocycles. The van der Waals surface area contributed by atoms with Gasteiger partial charge in [0.2, 0.25) is 0 Å². The summed E-state index contributed by atoms with van der Waals surface area (Å²) in [7, 11) is 0. The van der Waals surface area contributed by atoms with Gasteiger partial charge in [0, 0.05) is 0 Å². The third-order valence-corrected chi connectivity index (χ3v) is 2.70. The summed E-state index contributed by atoms with van der Waals surface area (Å²) >= 11 is 0. The zero-order chi connectivity index (χ0) is 15.3. The van der Waals surface area contributed by atoms with E-state index >= 15 is 0 Å². The molecule has 0 radical (unpaired) electrons. The van der Waals surface area contributed by atoms with Gasteiger partial charge in [0.1, 0.15) is 0 Å². The van der Waals surface area contributed by atoms with Crippen molar-refractivity contribution in [1.82, 2.24) is 0 Å². The molecule has 0 fully saturated rings. The summed E-state index contributed by atoms with van der Waals surface area (Å²) in [6.07, 6.45) is 0.277. The molecule has 1 rings (SSSR count). The lowest BCUT2D eigenvalue weighted by atomic mass is 10.0. The Hall–Kier alpha value is -2.41. The van der Waals surface area contributed by atoms with E-state index in [1.807, 2.05) is 6.92 Å². The van der Waals surface area contributed by atoms with E-state index in [1.165, 1.54) is 12.1 Å². The lowest BCUT2D eigenvalue weighted by Crippen LogP contribution is -2.20. The molecule has 1 aromatic carbocycles. The minimum absolute atomic E-state index is 0.0919. The molecule has 0 heterocycles. The first-order chi connectivity index (χ1) is 9.40. The highest BCUT2D eigenvalue weighted by molar-refractivity contribution is 6.05. The topological polar surface area (TPSA) is 116 Å². The average Bonchev–Trinajstić information content (AvgIpc) is 2.45. The number of esters is 1. The van der Waals surface area contributed by atoms with Crippen LogP contribution in [0.25, 0.3) is 0 Å². The Balaban J connectivity index is 3.21. The van der Waals surface area contributed by atoms with Gasteiger partial charge in [-0.1, -0.05) is 6.92 Å². The quantitative estimate of drug-likeness (QED) is 0.618. The van der Waals surface area contributed by atoms with Crippen molar-refractivity contribution in [1.29, 1.82) is 0 Å². The van der Waals surface area contributed by atoms with Gasteiger partial charge in [-0.3, -0.25) is 0 Å². The van der Waals surface area contributed by atoms with Crippen LogP contribution in [-0.4, -0.2) is 29.1 Å². The molecule has 1 atom stereocenters. The van der Waals surface area contributed by atoms with Crippen LogP contribution < -0.4 is 5.90 Å². The van der Waals surface area contributed by atoms with Gasteiger partial charge >= 0.3 is 17.9 Å². The van der Waals surface area contributed by atoms with E-state index in [9.17, 15) is 14.4 Å². The lowest BCUT2D eigenvalue weighted by Gasteiger charge is -2.13. The molecule has 1 aromatic rings. The number of rotatable bonds is 5. The fourth-order valence-corrected chi connectivity index (χ4v) is 1.42. The van der Waals surface area contributed by atoms with Crippen LogP contribution in [0.1, 0.15) is 51.3 Å². The molecule has 20 heavy (non-hydrogen) atoms. The van der Waals surface area contributed by atoms with Crippen molar-refractivity contribution in [3.63, 3.8) is 0 Å². The second-order valence-corrected chi connectivity index (χ2v) is 4.09. The number of hydrogen-bond acceptors (Lipinski definition) is 6. The van der Waals surface area contributed by atoms with E-state index in [0.29, 0.717) is 6.42 Å². The summed E-state index contributed by atoms with van der Waals surface area (Å²) in [5.74, 6) is 1.79. The largest absolute Gasteiger partial charge is 0.478 e. The SMILES string of the molecule is CCC(C)OC(=O)c1ccc(C(=O)O)cc1C(=O)ON. The molecule has 1 unspecified atom stereocenters. The Kier molecular flexibility index (Phi) is 5.22. The highest BCUT2D eigenvalue weighted by Gasteiger charge is 2.22. The van der Waals surface area contributed by atoms with Crippen LogP contribution in [0.15, 0.2) is 18.2 Å². The van der Waals surface area contributed by atoms with Crippen molar-refractivity contribution in [2.45, 2.75) is 26.4 Å². The molecule has 0 saturated heterocycles. The van der Waals surface area contributed by atoms with Crippen molar-refractivity contribution in [2.24, 2.45) is 5.90 Å². The molecule has 0 aliphatic heterocycles. The molecule has 3 N–H and O–H groups in total. The van der Waals surface area contributed by atoms with Crippen LogP contribution in [0.4, 0.5) is 0 Å². The summed E-state index contributed by atoms with van der Waals surface area (Å²) < 4.78 is 5.09. The van der Waals surface area contributed by atoms with Crippen molar-refractivity contribution >= 4 is 17.9 Å². The van der Waals surface area contributed by atoms with E-state index in [-0.39, 0.29) is 22.8 Å². The summed E-state index contributed by atoms with van der Waals surface area (Å²) in [5.41, 5.74) is -0.503. The second kappa shape index (κ2) is 6.67. The van der Waals surface area contributed by atoms with Crippen molar-refractivity contribution < 1.29 is 29.1 Å². The number of nitrogens with two attached hydrogens (primary N) is 1. The molecule has 0 aliphatic rings. The molecule has 0 spiro atoms. The lowest BCUT2D eigenvalue weighted by molar-refractivity contribution is 0.0321. The molecule has 7 heteroatoms. The predicted octanol–water partition coefficient (Wildman–Crippen LogP) is 1.37. The van der Waals surface area contributed by atoms with E-state index in [4.69, 9.17) is 15.7 Å². The second-order valence-electron chi connectivity index (χ2n) is 4.09. The van der Waals surface area contributed by atoms with Gasteiger partial charge in [-0.25, -0.2) is 14.4 Å². The normalized spacial score (nSPS) is 11.6. The van der Waals surface area contributed by atoms with E-state index in [0.717, 1.165) is 6.07 Å². The Morgan fingerprint density at radius 1 is 1.25 bits per heavy atom. The van der Waals surface area contributed by atoms with Gasteiger partial charge in [-0.05, 0) is 31.5 Å². The highest BCUT2D eigenvalue weighted by Crippen LogP contribution is 2.16. The van der Waals surface area contributed by atoms with Crippen molar-refractivity contribution in [3.05, 3.63) is 34.9 Å². The third-order valence-electron chi connectivity index (χ3n) is 2.70.